The zero-order valence-electron chi connectivity index (χ0n) is 47.3. The highest BCUT2D eigenvalue weighted by molar-refractivity contribution is 6.20. The van der Waals surface area contributed by atoms with Crippen molar-refractivity contribution in [3.8, 4) is 56.4 Å². The first-order valence-electron chi connectivity index (χ1n) is 28.0. The van der Waals surface area contributed by atoms with E-state index >= 15 is 0 Å². The number of anilines is 4. The number of rotatable bonds is 9. The zero-order valence-corrected chi connectivity index (χ0v) is 47.3. The Hall–Kier alpha value is -9.13. The molecular formula is C74H67N5O. The molecule has 9 aromatic carbocycles. The van der Waals surface area contributed by atoms with Crippen molar-refractivity contribution in [2.24, 2.45) is 0 Å². The van der Waals surface area contributed by atoms with Crippen LogP contribution in [0.2, 0.25) is 0 Å². The average molecular weight is 1040 g/mol. The van der Waals surface area contributed by atoms with Crippen LogP contribution >= 0.6 is 0 Å². The van der Waals surface area contributed by atoms with E-state index in [0.717, 1.165) is 72.9 Å². The molecule has 0 amide bonds. The molecule has 0 atom stereocenters. The molecule has 0 bridgehead atoms. The summed E-state index contributed by atoms with van der Waals surface area (Å²) < 4.78 is 11.8. The minimum Gasteiger partial charge on any atom is -0.457 e. The first-order valence-corrected chi connectivity index (χ1v) is 28.0. The third-order valence-electron chi connectivity index (χ3n) is 16.1. The van der Waals surface area contributed by atoms with Crippen molar-refractivity contribution in [3.63, 3.8) is 0 Å². The lowest BCUT2D eigenvalue weighted by atomic mass is 9.78. The van der Waals surface area contributed by atoms with Crippen LogP contribution in [0.4, 0.5) is 22.7 Å². The zero-order chi connectivity index (χ0) is 55.1. The van der Waals surface area contributed by atoms with Crippen molar-refractivity contribution in [1.82, 2.24) is 14.1 Å². The van der Waals surface area contributed by atoms with Gasteiger partial charge in [-0.05, 0) is 128 Å². The first kappa shape index (κ1) is 50.4. The Bertz CT molecular complexity index is 4280. The highest BCUT2D eigenvalue weighted by Gasteiger charge is 2.33. The standard InChI is InChI=1S/C74H67N5O/c1-72(2,3)53-39-40-75-68(45-53)79-67-47-59(37-38-63(67)70-71(79)62-31-16-17-34-64(62)78(70)56-27-14-11-15-28-56)80-58-30-21-29-57(46-58)76-48-77(66-36-19-18-35-65(66)76)69-60(51-26-20-25-50(41-51)49-23-12-10-13-24-49)32-22-33-61(69)52-42-54(73(4,5)6)44-55(43-52)74(7,8)9/h10-47H,48H2,1-9H3. The van der Waals surface area contributed by atoms with Gasteiger partial charge in [-0.15, -0.1) is 0 Å². The lowest BCUT2D eigenvalue weighted by Crippen LogP contribution is -2.25. The summed E-state index contributed by atoms with van der Waals surface area (Å²) in [5.41, 5.74) is 20.8. The molecule has 12 aromatic rings. The molecule has 0 spiro atoms. The van der Waals surface area contributed by atoms with Gasteiger partial charge in [0.25, 0.3) is 0 Å². The quantitative estimate of drug-likeness (QED) is 0.144. The number of hydrogen-bond acceptors (Lipinski definition) is 4. The minimum absolute atomic E-state index is 0.0525. The lowest BCUT2D eigenvalue weighted by molar-refractivity contribution is 0.483. The Morgan fingerprint density at radius 3 is 1.66 bits per heavy atom. The molecule has 0 unspecified atom stereocenters. The second-order valence-electron chi connectivity index (χ2n) is 24.6. The predicted molar refractivity (Wildman–Crippen MR) is 336 cm³/mol. The molecule has 6 nitrogen and oxygen atoms in total. The summed E-state index contributed by atoms with van der Waals surface area (Å²) in [6.45, 7) is 21.3. The van der Waals surface area contributed by atoms with E-state index in [2.05, 4.69) is 306 Å². The predicted octanol–water partition coefficient (Wildman–Crippen LogP) is 20.1. The van der Waals surface area contributed by atoms with Crippen LogP contribution in [0.1, 0.15) is 79.0 Å². The van der Waals surface area contributed by atoms with Crippen molar-refractivity contribution >= 4 is 55.6 Å². The second-order valence-corrected chi connectivity index (χ2v) is 24.6. The Morgan fingerprint density at radius 2 is 0.938 bits per heavy atom. The van der Waals surface area contributed by atoms with E-state index in [4.69, 9.17) is 9.72 Å². The number of fused-ring (bicyclic) bond motifs is 6. The minimum atomic E-state index is -0.0711. The van der Waals surface area contributed by atoms with Gasteiger partial charge < -0.3 is 19.1 Å². The van der Waals surface area contributed by atoms with Gasteiger partial charge in [0, 0.05) is 51.6 Å². The normalized spacial score (nSPS) is 13.0. The number of aromatic nitrogens is 3. The van der Waals surface area contributed by atoms with Gasteiger partial charge in [0.1, 0.15) is 24.0 Å². The van der Waals surface area contributed by atoms with E-state index in [-0.39, 0.29) is 16.2 Å². The number of para-hydroxylation sites is 5. The molecule has 13 rings (SSSR count). The first-order chi connectivity index (χ1) is 38.6. The molecule has 0 saturated heterocycles. The molecule has 80 heavy (non-hydrogen) atoms. The number of hydrogen-bond donors (Lipinski definition) is 0. The van der Waals surface area contributed by atoms with Crippen molar-refractivity contribution in [3.05, 3.63) is 247 Å². The summed E-state index contributed by atoms with van der Waals surface area (Å²) in [6.07, 6.45) is 1.95. The van der Waals surface area contributed by atoms with Gasteiger partial charge in [-0.1, -0.05) is 202 Å². The fourth-order valence-corrected chi connectivity index (χ4v) is 11.8. The molecule has 6 heteroatoms. The van der Waals surface area contributed by atoms with E-state index in [0.29, 0.717) is 6.67 Å². The van der Waals surface area contributed by atoms with E-state index in [1.165, 1.54) is 55.8 Å². The third kappa shape index (κ3) is 8.99. The van der Waals surface area contributed by atoms with Gasteiger partial charge >= 0.3 is 0 Å². The SMILES string of the molecule is CC(C)(C)c1cc(-c2cccc(-c3cccc(-c4ccccc4)c3)c2N2CN(c3cccc(Oc4ccc5c(c4)n(-c4cc(C(C)(C)C)ccn4)c4c6ccccc6n(-c6ccccc6)c54)c3)c3ccccc32)cc(C(C)(C)C)c1. The van der Waals surface area contributed by atoms with Gasteiger partial charge in [-0.2, -0.15) is 0 Å². The van der Waals surface area contributed by atoms with Crippen molar-refractivity contribution in [2.75, 3.05) is 16.5 Å². The molecule has 0 radical (unpaired) electrons. The van der Waals surface area contributed by atoms with Crippen LogP contribution in [0.15, 0.2) is 231 Å². The Morgan fingerprint density at radius 1 is 0.375 bits per heavy atom. The molecular weight excluding hydrogens is 975 g/mol. The van der Waals surface area contributed by atoms with Gasteiger partial charge in [0.15, 0.2) is 0 Å². The van der Waals surface area contributed by atoms with E-state index in [1.807, 2.05) is 6.20 Å². The Labute approximate surface area is 470 Å². The maximum atomic E-state index is 7.03. The van der Waals surface area contributed by atoms with E-state index in [1.54, 1.807) is 0 Å². The molecule has 1 aliphatic rings. The summed E-state index contributed by atoms with van der Waals surface area (Å²) in [5.74, 6) is 2.36. The molecule has 0 saturated carbocycles. The molecule has 1 aliphatic heterocycles. The topological polar surface area (TPSA) is 38.5 Å². The van der Waals surface area contributed by atoms with Gasteiger partial charge in [-0.25, -0.2) is 4.98 Å². The Balaban J connectivity index is 0.933. The maximum Gasteiger partial charge on any atom is 0.137 e. The fourth-order valence-electron chi connectivity index (χ4n) is 11.8. The second kappa shape index (κ2) is 19.3. The highest BCUT2D eigenvalue weighted by atomic mass is 16.5. The van der Waals surface area contributed by atoms with Crippen LogP contribution in [0.5, 0.6) is 11.5 Å². The van der Waals surface area contributed by atoms with Gasteiger partial charge in [0.2, 0.25) is 0 Å². The lowest BCUT2D eigenvalue weighted by Gasteiger charge is -2.29. The largest absolute Gasteiger partial charge is 0.457 e. The summed E-state index contributed by atoms with van der Waals surface area (Å²) in [4.78, 5) is 10.1. The summed E-state index contributed by atoms with van der Waals surface area (Å²) in [5, 5.41) is 2.27. The monoisotopic (exact) mass is 1040 g/mol. The van der Waals surface area contributed by atoms with Gasteiger partial charge in [-0.3, -0.25) is 4.57 Å². The molecule has 0 aliphatic carbocycles. The maximum absolute atomic E-state index is 7.03. The highest BCUT2D eigenvalue weighted by Crippen LogP contribution is 2.52. The van der Waals surface area contributed by atoms with E-state index < -0.39 is 0 Å². The molecule has 394 valence electrons. The van der Waals surface area contributed by atoms with Crippen LogP contribution in [0.3, 0.4) is 0 Å². The summed E-state index contributed by atoms with van der Waals surface area (Å²) >= 11 is 0. The Kier molecular flexibility index (Phi) is 12.2. The molecule has 3 aromatic heterocycles. The number of pyridine rings is 1. The van der Waals surface area contributed by atoms with Crippen LogP contribution < -0.4 is 14.5 Å². The van der Waals surface area contributed by atoms with Crippen LogP contribution in [0, 0.1) is 0 Å². The summed E-state index contributed by atoms with van der Waals surface area (Å²) in [6, 6.07) is 81.6. The fraction of sp³-hybridized carbons (Fsp3) is 0.176. The number of ether oxygens (including phenoxy) is 1. The summed E-state index contributed by atoms with van der Waals surface area (Å²) in [7, 11) is 0. The molecule has 4 heterocycles. The van der Waals surface area contributed by atoms with Crippen molar-refractivity contribution < 1.29 is 4.74 Å². The third-order valence-corrected chi connectivity index (χ3v) is 16.1. The number of benzene rings is 9. The van der Waals surface area contributed by atoms with E-state index in [9.17, 15) is 0 Å². The van der Waals surface area contributed by atoms with Crippen LogP contribution in [0.25, 0.3) is 77.7 Å². The molecule has 0 fully saturated rings. The van der Waals surface area contributed by atoms with Crippen molar-refractivity contribution in [1.29, 1.82) is 0 Å². The van der Waals surface area contributed by atoms with Crippen LogP contribution in [-0.4, -0.2) is 20.8 Å². The van der Waals surface area contributed by atoms with Gasteiger partial charge in [0.05, 0.1) is 39.1 Å². The van der Waals surface area contributed by atoms with Crippen LogP contribution in [-0.2, 0) is 16.2 Å². The number of nitrogens with zero attached hydrogens (tertiary/aromatic N) is 5. The average Bonchev–Trinajstić information content (AvgIpc) is 4.15. The molecule has 0 N–H and O–H groups in total. The van der Waals surface area contributed by atoms with Crippen molar-refractivity contribution in [2.45, 2.75) is 78.6 Å². The smallest absolute Gasteiger partial charge is 0.137 e.